The first-order valence-corrected chi connectivity index (χ1v) is 8.08. The quantitative estimate of drug-likeness (QED) is 0.824. The number of methoxy groups -OCH3 is 1. The summed E-state index contributed by atoms with van der Waals surface area (Å²) in [5.74, 6) is -0.704. The Kier molecular flexibility index (Phi) is 6.50. The Morgan fingerprint density at radius 3 is 2.65 bits per heavy atom. The molecule has 2 rings (SSSR count). The molecule has 2 N–H and O–H groups in total. The molecule has 0 unspecified atom stereocenters. The van der Waals surface area contributed by atoms with Crippen molar-refractivity contribution in [3.63, 3.8) is 0 Å². The van der Waals surface area contributed by atoms with Crippen LogP contribution in [0.15, 0.2) is 24.3 Å². The second-order valence-electron chi connectivity index (χ2n) is 5.94. The highest BCUT2D eigenvalue weighted by atomic mass is 19.1. The number of hydrogen-bond acceptors (Lipinski definition) is 4. The maximum Gasteiger partial charge on any atom is 0.239 e. The summed E-state index contributed by atoms with van der Waals surface area (Å²) in [5, 5.41) is 0. The molecule has 0 saturated carbocycles. The van der Waals surface area contributed by atoms with Gasteiger partial charge in [-0.25, -0.2) is 4.39 Å². The van der Waals surface area contributed by atoms with Gasteiger partial charge in [0, 0.05) is 39.3 Å². The maximum atomic E-state index is 13.1. The zero-order chi connectivity index (χ0) is 16.8. The highest BCUT2D eigenvalue weighted by molar-refractivity contribution is 5.81. The number of nitrogens with two attached hydrogens (primary N) is 1. The lowest BCUT2D eigenvalue weighted by atomic mass is 10.0. The summed E-state index contributed by atoms with van der Waals surface area (Å²) < 4.78 is 18.3. The second kappa shape index (κ2) is 8.38. The fraction of sp³-hybridized carbons (Fsp3) is 0.588. The standard InChI is InChI=1S/C17H26FN3O2/c1-3-15-12-21(9-8-20(15)10-11-23-2)16(17(19)22)13-4-6-14(18)7-5-13/h4-7,15-16H,3,8-12H2,1-2H3,(H2,19,22)/t15-,16+/m1/s1. The van der Waals surface area contributed by atoms with E-state index < -0.39 is 11.9 Å². The van der Waals surface area contributed by atoms with Gasteiger partial charge in [0.15, 0.2) is 0 Å². The van der Waals surface area contributed by atoms with E-state index in [1.165, 1.54) is 12.1 Å². The van der Waals surface area contributed by atoms with E-state index in [1.807, 2.05) is 0 Å². The predicted octanol–water partition coefficient (Wildman–Crippen LogP) is 1.39. The van der Waals surface area contributed by atoms with Gasteiger partial charge in [0.05, 0.1) is 6.61 Å². The number of benzene rings is 1. The van der Waals surface area contributed by atoms with Gasteiger partial charge in [0.2, 0.25) is 5.91 Å². The third-order valence-electron chi connectivity index (χ3n) is 4.51. The summed E-state index contributed by atoms with van der Waals surface area (Å²) >= 11 is 0. The van der Waals surface area contributed by atoms with Crippen molar-refractivity contribution in [3.8, 4) is 0 Å². The van der Waals surface area contributed by atoms with Gasteiger partial charge in [-0.15, -0.1) is 0 Å². The van der Waals surface area contributed by atoms with Gasteiger partial charge < -0.3 is 10.5 Å². The van der Waals surface area contributed by atoms with Crippen LogP contribution in [0.3, 0.4) is 0 Å². The molecule has 1 fully saturated rings. The van der Waals surface area contributed by atoms with Crippen LogP contribution >= 0.6 is 0 Å². The minimum absolute atomic E-state index is 0.312. The van der Waals surface area contributed by atoms with Crippen molar-refractivity contribution >= 4 is 5.91 Å². The van der Waals surface area contributed by atoms with Crippen LogP contribution in [-0.2, 0) is 9.53 Å². The lowest BCUT2D eigenvalue weighted by Crippen LogP contribution is -2.55. The van der Waals surface area contributed by atoms with E-state index in [0.29, 0.717) is 12.6 Å². The Bertz CT molecular complexity index is 509. The molecule has 5 nitrogen and oxygen atoms in total. The van der Waals surface area contributed by atoms with Crippen LogP contribution < -0.4 is 5.73 Å². The molecule has 0 spiro atoms. The van der Waals surface area contributed by atoms with Crippen LogP contribution in [0.1, 0.15) is 24.9 Å². The number of amides is 1. The van der Waals surface area contributed by atoms with E-state index in [0.717, 1.165) is 38.2 Å². The molecule has 23 heavy (non-hydrogen) atoms. The first-order valence-electron chi connectivity index (χ1n) is 8.08. The molecule has 2 atom stereocenters. The summed E-state index contributed by atoms with van der Waals surface area (Å²) in [6.45, 7) is 6.13. The van der Waals surface area contributed by atoms with Gasteiger partial charge in [-0.2, -0.15) is 0 Å². The van der Waals surface area contributed by atoms with Crippen molar-refractivity contribution in [2.45, 2.75) is 25.4 Å². The molecule has 1 heterocycles. The van der Waals surface area contributed by atoms with Crippen molar-refractivity contribution in [3.05, 3.63) is 35.6 Å². The predicted molar refractivity (Wildman–Crippen MR) is 87.4 cm³/mol. The van der Waals surface area contributed by atoms with Crippen molar-refractivity contribution in [1.29, 1.82) is 0 Å². The fourth-order valence-electron chi connectivity index (χ4n) is 3.24. The molecule has 1 aliphatic heterocycles. The highest BCUT2D eigenvalue weighted by Crippen LogP contribution is 2.25. The number of halogens is 1. The first kappa shape index (κ1) is 17.8. The van der Waals surface area contributed by atoms with Gasteiger partial charge >= 0.3 is 0 Å². The number of carbonyl (C=O) groups is 1. The molecule has 1 aromatic carbocycles. The maximum absolute atomic E-state index is 13.1. The number of carbonyl (C=O) groups excluding carboxylic acids is 1. The smallest absolute Gasteiger partial charge is 0.239 e. The van der Waals surface area contributed by atoms with Gasteiger partial charge in [-0.1, -0.05) is 19.1 Å². The first-order chi connectivity index (χ1) is 11.1. The van der Waals surface area contributed by atoms with E-state index >= 15 is 0 Å². The van der Waals surface area contributed by atoms with Crippen LogP contribution in [-0.4, -0.2) is 61.6 Å². The molecule has 0 aliphatic carbocycles. The Balaban J connectivity index is 2.12. The van der Waals surface area contributed by atoms with E-state index in [4.69, 9.17) is 10.5 Å². The fourth-order valence-corrected chi connectivity index (χ4v) is 3.24. The number of rotatable bonds is 7. The molecular formula is C17H26FN3O2. The van der Waals surface area contributed by atoms with Crippen LogP contribution in [0.2, 0.25) is 0 Å². The normalized spacial score (nSPS) is 21.3. The van der Waals surface area contributed by atoms with E-state index in [-0.39, 0.29) is 5.82 Å². The monoisotopic (exact) mass is 323 g/mol. The highest BCUT2D eigenvalue weighted by Gasteiger charge is 2.33. The molecule has 0 aromatic heterocycles. The molecule has 1 amide bonds. The number of piperazine rings is 1. The second-order valence-corrected chi connectivity index (χ2v) is 5.94. The zero-order valence-corrected chi connectivity index (χ0v) is 13.9. The Hall–Kier alpha value is -1.50. The SMILES string of the molecule is CC[C@@H]1CN([C@H](C(N)=O)c2ccc(F)cc2)CCN1CCOC. The average molecular weight is 323 g/mol. The third kappa shape index (κ3) is 4.50. The Morgan fingerprint density at radius 1 is 1.39 bits per heavy atom. The molecule has 128 valence electrons. The molecule has 6 heteroatoms. The number of ether oxygens (including phenoxy) is 1. The molecule has 0 bridgehead atoms. The summed E-state index contributed by atoms with van der Waals surface area (Å²) in [7, 11) is 1.70. The molecule has 1 aliphatic rings. The van der Waals surface area contributed by atoms with Gasteiger partial charge in [-0.05, 0) is 24.1 Å². The Labute approximate surface area is 137 Å². The van der Waals surface area contributed by atoms with E-state index in [2.05, 4.69) is 16.7 Å². The van der Waals surface area contributed by atoms with E-state index in [1.54, 1.807) is 19.2 Å². The van der Waals surface area contributed by atoms with Crippen molar-refractivity contribution in [1.82, 2.24) is 9.80 Å². The third-order valence-corrected chi connectivity index (χ3v) is 4.51. The minimum Gasteiger partial charge on any atom is -0.383 e. The van der Waals surface area contributed by atoms with Gasteiger partial charge in [0.25, 0.3) is 0 Å². The van der Waals surface area contributed by atoms with Crippen LogP contribution in [0.5, 0.6) is 0 Å². The largest absolute Gasteiger partial charge is 0.383 e. The number of nitrogens with zero attached hydrogens (tertiary/aromatic N) is 2. The molecule has 1 saturated heterocycles. The van der Waals surface area contributed by atoms with Gasteiger partial charge in [0.1, 0.15) is 11.9 Å². The zero-order valence-electron chi connectivity index (χ0n) is 13.9. The van der Waals surface area contributed by atoms with Crippen LogP contribution in [0.25, 0.3) is 0 Å². The molecular weight excluding hydrogens is 297 g/mol. The molecule has 1 aromatic rings. The lowest BCUT2D eigenvalue weighted by molar-refractivity contribution is -0.125. The van der Waals surface area contributed by atoms with Crippen molar-refractivity contribution in [2.75, 3.05) is 39.9 Å². The number of hydrogen-bond donors (Lipinski definition) is 1. The van der Waals surface area contributed by atoms with Crippen LogP contribution in [0, 0.1) is 5.82 Å². The summed E-state index contributed by atoms with van der Waals surface area (Å²) in [5.41, 5.74) is 6.38. The summed E-state index contributed by atoms with van der Waals surface area (Å²) in [6, 6.07) is 5.89. The van der Waals surface area contributed by atoms with E-state index in [9.17, 15) is 9.18 Å². The minimum atomic E-state index is -0.505. The van der Waals surface area contributed by atoms with Gasteiger partial charge in [-0.3, -0.25) is 14.6 Å². The topological polar surface area (TPSA) is 58.8 Å². The average Bonchev–Trinajstić information content (AvgIpc) is 2.55. The summed E-state index contributed by atoms with van der Waals surface area (Å²) in [6.07, 6.45) is 0.995. The Morgan fingerprint density at radius 2 is 2.09 bits per heavy atom. The summed E-state index contributed by atoms with van der Waals surface area (Å²) in [4.78, 5) is 16.5. The van der Waals surface area contributed by atoms with Crippen molar-refractivity contribution in [2.24, 2.45) is 5.73 Å². The number of primary amides is 1. The van der Waals surface area contributed by atoms with Crippen molar-refractivity contribution < 1.29 is 13.9 Å². The van der Waals surface area contributed by atoms with Crippen LogP contribution in [0.4, 0.5) is 4.39 Å². The lowest BCUT2D eigenvalue weighted by Gasteiger charge is -2.43. The molecule has 0 radical (unpaired) electrons.